The van der Waals surface area contributed by atoms with Gasteiger partial charge in [0.1, 0.15) is 0 Å². The van der Waals surface area contributed by atoms with Gasteiger partial charge in [0.05, 0.1) is 0 Å². The number of hydrogen-bond acceptors (Lipinski definition) is 2. The van der Waals surface area contributed by atoms with Crippen molar-refractivity contribution in [3.63, 3.8) is 0 Å². The number of amides is 1. The molecule has 0 aliphatic heterocycles. The summed E-state index contributed by atoms with van der Waals surface area (Å²) >= 11 is 0. The van der Waals surface area contributed by atoms with Gasteiger partial charge in [0, 0.05) is 26.1 Å². The molecule has 1 atom stereocenters. The van der Waals surface area contributed by atoms with Crippen molar-refractivity contribution in [2.45, 2.75) is 39.8 Å². The standard InChI is InChI=1S/C15H22F2N2O/c1-15(2,3)13(18)8-14(20)19(4)9-10-5-6-11(16)12(17)7-10/h5-7,13H,8-9,18H2,1-4H3. The Kier molecular flexibility index (Phi) is 5.22. The maximum absolute atomic E-state index is 13.1. The third kappa shape index (κ3) is 4.56. The Bertz CT molecular complexity index is 483. The number of carbonyl (C=O) groups is 1. The Balaban J connectivity index is 2.64. The van der Waals surface area contributed by atoms with E-state index in [2.05, 4.69) is 0 Å². The van der Waals surface area contributed by atoms with Crippen molar-refractivity contribution in [1.82, 2.24) is 4.90 Å². The maximum Gasteiger partial charge on any atom is 0.224 e. The number of nitrogens with zero attached hydrogens (tertiary/aromatic N) is 1. The Labute approximate surface area is 118 Å². The van der Waals surface area contributed by atoms with E-state index in [1.165, 1.54) is 11.0 Å². The van der Waals surface area contributed by atoms with Gasteiger partial charge in [-0.3, -0.25) is 4.79 Å². The molecule has 0 heterocycles. The minimum atomic E-state index is -0.908. The minimum absolute atomic E-state index is 0.114. The van der Waals surface area contributed by atoms with Crippen molar-refractivity contribution in [3.05, 3.63) is 35.4 Å². The lowest BCUT2D eigenvalue weighted by Crippen LogP contribution is -2.40. The van der Waals surface area contributed by atoms with Crippen LogP contribution in [0, 0.1) is 17.0 Å². The van der Waals surface area contributed by atoms with Gasteiger partial charge >= 0.3 is 0 Å². The van der Waals surface area contributed by atoms with Gasteiger partial charge in [-0.05, 0) is 23.1 Å². The molecular formula is C15H22F2N2O. The van der Waals surface area contributed by atoms with Gasteiger partial charge in [-0.2, -0.15) is 0 Å². The van der Waals surface area contributed by atoms with Crippen LogP contribution in [0.15, 0.2) is 18.2 Å². The molecule has 0 aliphatic rings. The van der Waals surface area contributed by atoms with Crippen LogP contribution in [-0.4, -0.2) is 23.9 Å². The molecule has 1 unspecified atom stereocenters. The van der Waals surface area contributed by atoms with Crippen molar-refractivity contribution in [1.29, 1.82) is 0 Å². The Morgan fingerprint density at radius 1 is 1.30 bits per heavy atom. The van der Waals surface area contributed by atoms with Gasteiger partial charge in [-0.25, -0.2) is 8.78 Å². The van der Waals surface area contributed by atoms with E-state index in [0.717, 1.165) is 12.1 Å². The zero-order valence-corrected chi connectivity index (χ0v) is 12.4. The Morgan fingerprint density at radius 3 is 2.40 bits per heavy atom. The highest BCUT2D eigenvalue weighted by Crippen LogP contribution is 2.20. The molecule has 1 amide bonds. The summed E-state index contributed by atoms with van der Waals surface area (Å²) in [6.07, 6.45) is 0.226. The molecule has 3 nitrogen and oxygen atoms in total. The fraction of sp³-hybridized carbons (Fsp3) is 0.533. The van der Waals surface area contributed by atoms with Crippen LogP contribution in [0.1, 0.15) is 32.8 Å². The lowest BCUT2D eigenvalue weighted by atomic mass is 9.85. The SMILES string of the molecule is CN(Cc1ccc(F)c(F)c1)C(=O)CC(N)C(C)(C)C. The van der Waals surface area contributed by atoms with Crippen LogP contribution in [0.3, 0.4) is 0 Å². The number of carbonyl (C=O) groups excluding carboxylic acids is 1. The quantitative estimate of drug-likeness (QED) is 0.924. The maximum atomic E-state index is 13.1. The van der Waals surface area contributed by atoms with Crippen molar-refractivity contribution < 1.29 is 13.6 Å². The number of hydrogen-bond donors (Lipinski definition) is 1. The van der Waals surface area contributed by atoms with Crippen LogP contribution >= 0.6 is 0 Å². The average Bonchev–Trinajstić information content (AvgIpc) is 2.32. The van der Waals surface area contributed by atoms with E-state index in [9.17, 15) is 13.6 Å². The Hall–Kier alpha value is -1.49. The van der Waals surface area contributed by atoms with Crippen LogP contribution in [0.2, 0.25) is 0 Å². The molecule has 112 valence electrons. The first-order valence-electron chi connectivity index (χ1n) is 6.54. The predicted octanol–water partition coefficient (Wildman–Crippen LogP) is 2.69. The van der Waals surface area contributed by atoms with E-state index in [0.29, 0.717) is 5.56 Å². The molecule has 1 aromatic carbocycles. The molecule has 2 N–H and O–H groups in total. The summed E-state index contributed by atoms with van der Waals surface area (Å²) in [6, 6.07) is 3.38. The molecule has 0 saturated heterocycles. The molecule has 20 heavy (non-hydrogen) atoms. The van der Waals surface area contributed by atoms with Crippen LogP contribution in [0.25, 0.3) is 0 Å². The zero-order valence-electron chi connectivity index (χ0n) is 12.4. The summed E-state index contributed by atoms with van der Waals surface area (Å²) in [5.74, 6) is -1.91. The average molecular weight is 284 g/mol. The highest BCUT2D eigenvalue weighted by molar-refractivity contribution is 5.76. The van der Waals surface area contributed by atoms with E-state index in [1.807, 2.05) is 20.8 Å². The molecule has 0 aromatic heterocycles. The summed E-state index contributed by atoms with van der Waals surface area (Å²) in [5.41, 5.74) is 6.36. The lowest BCUT2D eigenvalue weighted by molar-refractivity contribution is -0.131. The molecule has 0 fully saturated rings. The van der Waals surface area contributed by atoms with E-state index < -0.39 is 11.6 Å². The van der Waals surface area contributed by atoms with Gasteiger partial charge in [-0.1, -0.05) is 26.8 Å². The normalized spacial score (nSPS) is 13.2. The topological polar surface area (TPSA) is 46.3 Å². The fourth-order valence-corrected chi connectivity index (χ4v) is 1.65. The summed E-state index contributed by atoms with van der Waals surface area (Å²) in [5, 5.41) is 0. The highest BCUT2D eigenvalue weighted by Gasteiger charge is 2.24. The fourth-order valence-electron chi connectivity index (χ4n) is 1.65. The van der Waals surface area contributed by atoms with Gasteiger partial charge in [0.15, 0.2) is 11.6 Å². The van der Waals surface area contributed by atoms with Crippen molar-refractivity contribution in [3.8, 4) is 0 Å². The molecule has 5 heteroatoms. The van der Waals surface area contributed by atoms with Crippen molar-refractivity contribution in [2.75, 3.05) is 7.05 Å². The van der Waals surface area contributed by atoms with Crippen molar-refractivity contribution >= 4 is 5.91 Å². The van der Waals surface area contributed by atoms with Crippen LogP contribution in [-0.2, 0) is 11.3 Å². The summed E-state index contributed by atoms with van der Waals surface area (Å²) in [4.78, 5) is 13.5. The molecule has 1 rings (SSSR count). The third-order valence-corrected chi connectivity index (χ3v) is 3.34. The highest BCUT2D eigenvalue weighted by atomic mass is 19.2. The first kappa shape index (κ1) is 16.6. The largest absolute Gasteiger partial charge is 0.341 e. The summed E-state index contributed by atoms with van der Waals surface area (Å²) < 4.78 is 25.9. The first-order chi connectivity index (χ1) is 9.11. The van der Waals surface area contributed by atoms with Crippen LogP contribution in [0.4, 0.5) is 8.78 Å². The third-order valence-electron chi connectivity index (χ3n) is 3.34. The molecular weight excluding hydrogens is 262 g/mol. The van der Waals surface area contributed by atoms with E-state index in [4.69, 9.17) is 5.73 Å². The Morgan fingerprint density at radius 2 is 1.90 bits per heavy atom. The van der Waals surface area contributed by atoms with Gasteiger partial charge < -0.3 is 10.6 Å². The molecule has 0 aliphatic carbocycles. The number of nitrogens with two attached hydrogens (primary N) is 1. The molecule has 0 bridgehead atoms. The lowest BCUT2D eigenvalue weighted by Gasteiger charge is -2.28. The summed E-state index contributed by atoms with van der Waals surface area (Å²) in [6.45, 7) is 6.15. The van der Waals surface area contributed by atoms with Crippen LogP contribution < -0.4 is 5.73 Å². The minimum Gasteiger partial charge on any atom is -0.341 e. The molecule has 1 aromatic rings. The molecule has 0 radical (unpaired) electrons. The second-order valence-electron chi connectivity index (χ2n) is 6.17. The first-order valence-corrected chi connectivity index (χ1v) is 6.54. The van der Waals surface area contributed by atoms with E-state index in [-0.39, 0.29) is 30.3 Å². The number of halogens is 2. The van der Waals surface area contributed by atoms with Gasteiger partial charge in [0.25, 0.3) is 0 Å². The van der Waals surface area contributed by atoms with Gasteiger partial charge in [-0.15, -0.1) is 0 Å². The second-order valence-corrected chi connectivity index (χ2v) is 6.17. The monoisotopic (exact) mass is 284 g/mol. The number of benzene rings is 1. The van der Waals surface area contributed by atoms with E-state index in [1.54, 1.807) is 7.05 Å². The number of rotatable bonds is 4. The second kappa shape index (κ2) is 6.31. The van der Waals surface area contributed by atoms with Gasteiger partial charge in [0.2, 0.25) is 5.91 Å². The van der Waals surface area contributed by atoms with Crippen molar-refractivity contribution in [2.24, 2.45) is 11.1 Å². The summed E-state index contributed by atoms with van der Waals surface area (Å²) in [7, 11) is 1.62. The molecule has 0 spiro atoms. The van der Waals surface area contributed by atoms with E-state index >= 15 is 0 Å². The smallest absolute Gasteiger partial charge is 0.224 e. The van der Waals surface area contributed by atoms with Crippen LogP contribution in [0.5, 0.6) is 0 Å². The predicted molar refractivity (Wildman–Crippen MR) is 74.9 cm³/mol. The zero-order chi connectivity index (χ0) is 15.5. The molecule has 0 saturated carbocycles.